The Kier molecular flexibility index (Phi) is 5.29. The second-order valence-corrected chi connectivity index (χ2v) is 3.25. The molecule has 0 aromatic heterocycles. The Labute approximate surface area is 100 Å². The number of rotatable bonds is 7. The van der Waals surface area contributed by atoms with Gasteiger partial charge in [0.05, 0.1) is 14.2 Å². The molecule has 0 aliphatic carbocycles. The van der Waals surface area contributed by atoms with Crippen LogP contribution in [0.25, 0.3) is 0 Å². The summed E-state index contributed by atoms with van der Waals surface area (Å²) in [6.07, 6.45) is 0.793. The molecule has 0 saturated heterocycles. The van der Waals surface area contributed by atoms with E-state index in [1.165, 1.54) is 14.2 Å². The van der Waals surface area contributed by atoms with Crippen LogP contribution in [0.2, 0.25) is 0 Å². The molecule has 1 aromatic rings. The van der Waals surface area contributed by atoms with E-state index in [1.807, 2.05) is 13.0 Å². The van der Waals surface area contributed by atoms with Crippen molar-refractivity contribution in [1.82, 2.24) is 0 Å². The van der Waals surface area contributed by atoms with E-state index in [0.717, 1.165) is 17.5 Å². The van der Waals surface area contributed by atoms with Crippen LogP contribution in [0.5, 0.6) is 11.5 Å². The smallest absolute Gasteiger partial charge is 0.293 e. The predicted molar refractivity (Wildman–Crippen MR) is 60.9 cm³/mol. The number of hydrogen-bond acceptors (Lipinski definition) is 5. The summed E-state index contributed by atoms with van der Waals surface area (Å²) in [5.41, 5.74) is 1.76. The zero-order valence-corrected chi connectivity index (χ0v) is 10.2. The lowest BCUT2D eigenvalue weighted by Crippen LogP contribution is -2.04. The Morgan fingerprint density at radius 2 is 2.06 bits per heavy atom. The van der Waals surface area contributed by atoms with Gasteiger partial charge in [0.1, 0.15) is 6.61 Å². The highest BCUT2D eigenvalue weighted by atomic mass is 17.2. The van der Waals surface area contributed by atoms with Crippen LogP contribution in [0.4, 0.5) is 0 Å². The molecule has 0 N–H and O–H groups in total. The normalized spacial score (nSPS) is 9.82. The lowest BCUT2D eigenvalue weighted by molar-refractivity contribution is -0.180. The van der Waals surface area contributed by atoms with Gasteiger partial charge >= 0.3 is 0 Å². The molecule has 17 heavy (non-hydrogen) atoms. The van der Waals surface area contributed by atoms with Gasteiger partial charge in [-0.05, 0) is 18.1 Å². The van der Waals surface area contributed by atoms with E-state index in [4.69, 9.17) is 14.4 Å². The molecule has 5 heteroatoms. The molecule has 0 saturated carbocycles. The fourth-order valence-corrected chi connectivity index (χ4v) is 1.59. The highest BCUT2D eigenvalue weighted by Gasteiger charge is 2.16. The Morgan fingerprint density at radius 3 is 2.59 bits per heavy atom. The van der Waals surface area contributed by atoms with Crippen LogP contribution >= 0.6 is 0 Å². The van der Waals surface area contributed by atoms with Crippen LogP contribution in [0.3, 0.4) is 0 Å². The van der Waals surface area contributed by atoms with Crippen molar-refractivity contribution in [1.29, 1.82) is 0 Å². The molecule has 1 rings (SSSR count). The molecule has 0 heterocycles. The zero-order chi connectivity index (χ0) is 12.7. The summed E-state index contributed by atoms with van der Waals surface area (Å²) in [5.74, 6) is 0.977. The number of ether oxygens (including phenoxy) is 2. The third-order valence-electron chi connectivity index (χ3n) is 2.38. The Hall–Kier alpha value is -1.75. The highest BCUT2D eigenvalue weighted by Crippen LogP contribution is 2.34. The maximum atomic E-state index is 10.3. The van der Waals surface area contributed by atoms with Crippen molar-refractivity contribution in [3.05, 3.63) is 23.3 Å². The molecule has 0 spiro atoms. The lowest BCUT2D eigenvalue weighted by atomic mass is 10.0. The Balaban J connectivity index is 3.19. The summed E-state index contributed by atoms with van der Waals surface area (Å²) in [7, 11) is 2.94. The highest BCUT2D eigenvalue weighted by molar-refractivity contribution is 5.51. The first kappa shape index (κ1) is 13.3. The van der Waals surface area contributed by atoms with E-state index >= 15 is 0 Å². The van der Waals surface area contributed by atoms with Crippen LogP contribution in [-0.4, -0.2) is 20.7 Å². The molecule has 0 radical (unpaired) electrons. The molecule has 0 aliphatic heterocycles. The minimum Gasteiger partial charge on any atom is -0.493 e. The van der Waals surface area contributed by atoms with Crippen molar-refractivity contribution < 1.29 is 24.0 Å². The zero-order valence-electron chi connectivity index (χ0n) is 10.2. The molecule has 0 fully saturated rings. The molecule has 0 unspecified atom stereocenters. The summed E-state index contributed by atoms with van der Waals surface area (Å²) < 4.78 is 9.95. The number of methoxy groups -OCH3 is 1. The summed E-state index contributed by atoms with van der Waals surface area (Å²) in [4.78, 5) is 20.0. The van der Waals surface area contributed by atoms with Crippen molar-refractivity contribution in [2.45, 2.75) is 20.0 Å². The van der Waals surface area contributed by atoms with Gasteiger partial charge in [-0.2, -0.15) is 4.89 Å². The number of carbonyl (C=O) groups is 1. The van der Waals surface area contributed by atoms with E-state index < -0.39 is 0 Å². The maximum Gasteiger partial charge on any atom is 0.293 e. The maximum absolute atomic E-state index is 10.3. The molecule has 94 valence electrons. The number of carbonyl (C=O) groups excluding carboxylic acids is 1. The van der Waals surface area contributed by atoms with Gasteiger partial charge in [-0.1, -0.05) is 13.0 Å². The first-order valence-corrected chi connectivity index (χ1v) is 5.23. The fraction of sp³-hybridized carbons (Fsp3) is 0.417. The number of hydrogen-bond donors (Lipinski definition) is 0. The van der Waals surface area contributed by atoms with Gasteiger partial charge in [0, 0.05) is 5.56 Å². The van der Waals surface area contributed by atoms with Gasteiger partial charge < -0.3 is 14.4 Å². The van der Waals surface area contributed by atoms with Crippen LogP contribution in [0.1, 0.15) is 18.1 Å². The predicted octanol–water partition coefficient (Wildman–Crippen LogP) is 1.87. The Bertz CT molecular complexity index is 375. The van der Waals surface area contributed by atoms with E-state index in [1.54, 1.807) is 6.07 Å². The van der Waals surface area contributed by atoms with Crippen LogP contribution in [0, 0.1) is 0 Å². The number of aryl methyl sites for hydroxylation is 1. The van der Waals surface area contributed by atoms with E-state index in [2.05, 4.69) is 4.89 Å². The van der Waals surface area contributed by atoms with Gasteiger partial charge in [0.25, 0.3) is 6.47 Å². The van der Waals surface area contributed by atoms with Gasteiger partial charge in [-0.15, -0.1) is 0 Å². The van der Waals surface area contributed by atoms with Crippen LogP contribution < -0.4 is 9.62 Å². The van der Waals surface area contributed by atoms with E-state index in [0.29, 0.717) is 18.0 Å². The minimum absolute atomic E-state index is 0.128. The van der Waals surface area contributed by atoms with Gasteiger partial charge in [-0.25, -0.2) is 0 Å². The van der Waals surface area contributed by atoms with Gasteiger partial charge in [0.15, 0.2) is 5.75 Å². The standard InChI is InChI=1S/C12H16O5/c1-4-9-5-6-11(14-2)12(17-15-3)10(9)7-16-8-13/h5-6,8H,4,7H2,1-3H3. The molecule has 0 aliphatic rings. The topological polar surface area (TPSA) is 54.0 Å². The molecular formula is C12H16O5. The molecular weight excluding hydrogens is 224 g/mol. The van der Waals surface area contributed by atoms with Crippen molar-refractivity contribution >= 4 is 6.47 Å². The third kappa shape index (κ3) is 3.10. The number of benzene rings is 1. The second kappa shape index (κ2) is 6.75. The summed E-state index contributed by atoms with van der Waals surface area (Å²) in [6.45, 7) is 2.53. The van der Waals surface area contributed by atoms with E-state index in [9.17, 15) is 4.79 Å². The van der Waals surface area contributed by atoms with Crippen molar-refractivity contribution in [2.75, 3.05) is 14.2 Å². The summed E-state index contributed by atoms with van der Waals surface area (Å²) in [6, 6.07) is 3.70. The second-order valence-electron chi connectivity index (χ2n) is 3.25. The first-order chi connectivity index (χ1) is 8.28. The monoisotopic (exact) mass is 240 g/mol. The van der Waals surface area contributed by atoms with E-state index in [-0.39, 0.29) is 6.61 Å². The minimum atomic E-state index is 0.128. The summed E-state index contributed by atoms with van der Waals surface area (Å²) >= 11 is 0. The molecule has 0 atom stereocenters. The van der Waals surface area contributed by atoms with Crippen molar-refractivity contribution in [3.8, 4) is 11.5 Å². The average molecular weight is 240 g/mol. The van der Waals surface area contributed by atoms with Crippen LogP contribution in [0.15, 0.2) is 12.1 Å². The average Bonchev–Trinajstić information content (AvgIpc) is 2.37. The lowest BCUT2D eigenvalue weighted by Gasteiger charge is -2.15. The molecule has 0 amide bonds. The van der Waals surface area contributed by atoms with Crippen molar-refractivity contribution in [3.63, 3.8) is 0 Å². The molecule has 1 aromatic carbocycles. The largest absolute Gasteiger partial charge is 0.493 e. The van der Waals surface area contributed by atoms with Gasteiger partial charge in [-0.3, -0.25) is 4.79 Å². The first-order valence-electron chi connectivity index (χ1n) is 5.23. The Morgan fingerprint density at radius 1 is 1.29 bits per heavy atom. The summed E-state index contributed by atoms with van der Waals surface area (Å²) in [5, 5.41) is 0. The van der Waals surface area contributed by atoms with Crippen LogP contribution in [-0.2, 0) is 27.4 Å². The molecule has 0 bridgehead atoms. The third-order valence-corrected chi connectivity index (χ3v) is 2.38. The quantitative estimate of drug-likeness (QED) is 0.413. The fourth-order valence-electron chi connectivity index (χ4n) is 1.59. The van der Waals surface area contributed by atoms with Gasteiger partial charge in [0.2, 0.25) is 5.75 Å². The SMILES string of the molecule is CCc1ccc(OC)c(OOC)c1COC=O. The van der Waals surface area contributed by atoms with Crippen molar-refractivity contribution in [2.24, 2.45) is 0 Å². The molecule has 5 nitrogen and oxygen atoms in total.